The van der Waals surface area contributed by atoms with Crippen molar-refractivity contribution in [2.75, 3.05) is 18.0 Å². The van der Waals surface area contributed by atoms with Gasteiger partial charge in [0.2, 0.25) is 10.0 Å². The number of aryl methyl sites for hydroxylation is 2. The Morgan fingerprint density at radius 2 is 1.80 bits per heavy atom. The summed E-state index contributed by atoms with van der Waals surface area (Å²) < 4.78 is 61.8. The fourth-order valence-electron chi connectivity index (χ4n) is 1.47. The van der Waals surface area contributed by atoms with Crippen LogP contribution in [0.3, 0.4) is 0 Å². The van der Waals surface area contributed by atoms with Gasteiger partial charge < -0.3 is 5.73 Å². The predicted molar refractivity (Wildman–Crippen MR) is 74.0 cm³/mol. The minimum absolute atomic E-state index is 0.0732. The number of nitrogen functional groups attached to an aromatic ring is 1. The smallest absolute Gasteiger partial charge is 0.398 e. The average molecular weight is 328 g/mol. The molecule has 0 fully saturated rings. The largest absolute Gasteiger partial charge is 0.441 e. The van der Waals surface area contributed by atoms with Crippen LogP contribution in [0.2, 0.25) is 0 Å². The molecule has 1 aromatic carbocycles. The van der Waals surface area contributed by atoms with Gasteiger partial charge in [0.05, 0.1) is 5.69 Å². The molecule has 1 rings (SSSR count). The molecule has 0 aliphatic heterocycles. The molecule has 3 N–H and O–H groups in total. The van der Waals surface area contributed by atoms with Gasteiger partial charge in [-0.05, 0) is 48.9 Å². The molecule has 0 heterocycles. The third-order valence-electron chi connectivity index (χ3n) is 2.58. The summed E-state index contributed by atoms with van der Waals surface area (Å²) in [5, 5.41) is 0. The van der Waals surface area contributed by atoms with Crippen molar-refractivity contribution in [3.63, 3.8) is 0 Å². The van der Waals surface area contributed by atoms with Gasteiger partial charge in [0.15, 0.2) is 0 Å². The van der Waals surface area contributed by atoms with Crippen molar-refractivity contribution < 1.29 is 21.6 Å². The molecule has 0 radical (unpaired) electrons. The van der Waals surface area contributed by atoms with E-state index < -0.39 is 21.3 Å². The van der Waals surface area contributed by atoms with Crippen molar-refractivity contribution in [1.29, 1.82) is 0 Å². The fourth-order valence-corrected chi connectivity index (χ4v) is 3.26. The summed E-state index contributed by atoms with van der Waals surface area (Å²) in [4.78, 5) is -0.113. The summed E-state index contributed by atoms with van der Waals surface area (Å²) >= 11 is -0.279. The van der Waals surface area contributed by atoms with Gasteiger partial charge in [-0.2, -0.15) is 13.2 Å². The van der Waals surface area contributed by atoms with E-state index in [4.69, 9.17) is 5.73 Å². The van der Waals surface area contributed by atoms with E-state index in [1.165, 1.54) is 12.1 Å². The molecule has 0 bridgehead atoms. The van der Waals surface area contributed by atoms with Gasteiger partial charge in [-0.3, -0.25) is 0 Å². The number of alkyl halides is 3. The van der Waals surface area contributed by atoms with Crippen molar-refractivity contribution in [3.8, 4) is 0 Å². The second-order valence-electron chi connectivity index (χ2n) is 4.17. The molecule has 0 aromatic heterocycles. The molecule has 4 nitrogen and oxygen atoms in total. The minimum atomic E-state index is -4.37. The number of halogens is 3. The second kappa shape index (κ2) is 6.23. The van der Waals surface area contributed by atoms with Crippen LogP contribution in [0.25, 0.3) is 0 Å². The first-order valence-electron chi connectivity index (χ1n) is 5.60. The fraction of sp³-hybridized carbons (Fsp3) is 0.455. The van der Waals surface area contributed by atoms with Gasteiger partial charge >= 0.3 is 5.51 Å². The van der Waals surface area contributed by atoms with E-state index in [0.29, 0.717) is 0 Å². The summed E-state index contributed by atoms with van der Waals surface area (Å²) in [5.74, 6) is -0.395. The highest BCUT2D eigenvalue weighted by atomic mass is 32.2. The van der Waals surface area contributed by atoms with E-state index in [2.05, 4.69) is 4.72 Å². The van der Waals surface area contributed by atoms with Crippen molar-refractivity contribution in [2.24, 2.45) is 0 Å². The summed E-state index contributed by atoms with van der Waals surface area (Å²) in [7, 11) is -3.90. The van der Waals surface area contributed by atoms with E-state index in [0.717, 1.165) is 11.1 Å². The molecule has 0 atom stereocenters. The van der Waals surface area contributed by atoms with Crippen LogP contribution in [-0.2, 0) is 10.0 Å². The summed E-state index contributed by atoms with van der Waals surface area (Å²) in [6.07, 6.45) is 0. The lowest BCUT2D eigenvalue weighted by Crippen LogP contribution is -2.27. The molecular weight excluding hydrogens is 313 g/mol. The van der Waals surface area contributed by atoms with Crippen LogP contribution >= 0.6 is 11.8 Å². The predicted octanol–water partition coefficient (Wildman–Crippen LogP) is 2.42. The standard InChI is InChI=1S/C11H15F3N2O2S2/c1-7-5-9(15)10(6-8(7)2)20(17,18)16-3-4-19-11(12,13)14/h5-6,16H,3-4,15H2,1-2H3. The molecule has 0 unspecified atom stereocenters. The lowest BCUT2D eigenvalue weighted by molar-refractivity contribution is -0.0327. The first kappa shape index (κ1) is 17.1. The van der Waals surface area contributed by atoms with Gasteiger partial charge in [0.25, 0.3) is 0 Å². The first-order chi connectivity index (χ1) is 9.03. The Morgan fingerprint density at radius 3 is 2.35 bits per heavy atom. The quantitative estimate of drug-likeness (QED) is 0.643. The van der Waals surface area contributed by atoms with E-state index >= 15 is 0 Å². The lowest BCUT2D eigenvalue weighted by Gasteiger charge is -2.12. The number of benzene rings is 1. The van der Waals surface area contributed by atoms with Gasteiger partial charge in [-0.25, -0.2) is 13.1 Å². The number of hydrogen-bond acceptors (Lipinski definition) is 4. The van der Waals surface area contributed by atoms with Crippen LogP contribution in [0.1, 0.15) is 11.1 Å². The van der Waals surface area contributed by atoms with Crippen LogP contribution in [0.4, 0.5) is 18.9 Å². The topological polar surface area (TPSA) is 72.2 Å². The monoisotopic (exact) mass is 328 g/mol. The highest BCUT2D eigenvalue weighted by Crippen LogP contribution is 2.29. The summed E-state index contributed by atoms with van der Waals surface area (Å²) in [5.41, 5.74) is 2.93. The lowest BCUT2D eigenvalue weighted by atomic mass is 10.1. The number of hydrogen-bond donors (Lipinski definition) is 2. The molecular formula is C11H15F3N2O2S2. The van der Waals surface area contributed by atoms with Crippen LogP contribution in [0.5, 0.6) is 0 Å². The Balaban J connectivity index is 2.77. The number of nitrogens with one attached hydrogen (secondary N) is 1. The molecule has 0 aliphatic rings. The van der Waals surface area contributed by atoms with Crippen molar-refractivity contribution in [2.45, 2.75) is 24.3 Å². The van der Waals surface area contributed by atoms with Crippen LogP contribution in [0.15, 0.2) is 17.0 Å². The van der Waals surface area contributed by atoms with Gasteiger partial charge in [-0.15, -0.1) is 0 Å². The maximum atomic E-state index is 12.0. The Kier molecular flexibility index (Phi) is 5.33. The zero-order chi connectivity index (χ0) is 15.6. The molecule has 20 heavy (non-hydrogen) atoms. The Labute approximate surface area is 120 Å². The molecule has 9 heteroatoms. The van der Waals surface area contributed by atoms with Crippen molar-refractivity contribution in [1.82, 2.24) is 4.72 Å². The zero-order valence-corrected chi connectivity index (χ0v) is 12.5. The Bertz CT molecular complexity index is 586. The SMILES string of the molecule is Cc1cc(N)c(S(=O)(=O)NCCSC(F)(F)F)cc1C. The third-order valence-corrected chi connectivity index (χ3v) is 4.83. The second-order valence-corrected chi connectivity index (χ2v) is 7.06. The Hall–Kier alpha value is -0.930. The van der Waals surface area contributed by atoms with E-state index in [1.807, 2.05) is 0 Å². The summed E-state index contributed by atoms with van der Waals surface area (Å²) in [6, 6.07) is 2.93. The number of nitrogens with two attached hydrogens (primary N) is 1. The molecule has 0 spiro atoms. The van der Waals surface area contributed by atoms with Crippen LogP contribution in [0, 0.1) is 13.8 Å². The van der Waals surface area contributed by atoms with Gasteiger partial charge in [0, 0.05) is 12.3 Å². The minimum Gasteiger partial charge on any atom is -0.398 e. The van der Waals surface area contributed by atoms with Crippen molar-refractivity contribution >= 4 is 27.5 Å². The number of rotatable bonds is 5. The maximum Gasteiger partial charge on any atom is 0.441 e. The van der Waals surface area contributed by atoms with Gasteiger partial charge in [0.1, 0.15) is 4.90 Å². The molecule has 0 amide bonds. The number of sulfonamides is 1. The van der Waals surface area contributed by atoms with Crippen molar-refractivity contribution in [3.05, 3.63) is 23.3 Å². The number of anilines is 1. The normalized spacial score (nSPS) is 12.7. The first-order valence-corrected chi connectivity index (χ1v) is 8.07. The van der Waals surface area contributed by atoms with E-state index in [1.54, 1.807) is 13.8 Å². The highest BCUT2D eigenvalue weighted by molar-refractivity contribution is 8.00. The molecule has 0 aliphatic carbocycles. The number of thioether (sulfide) groups is 1. The Morgan fingerprint density at radius 1 is 1.25 bits per heavy atom. The van der Waals surface area contributed by atoms with Gasteiger partial charge in [-0.1, -0.05) is 0 Å². The van der Waals surface area contributed by atoms with E-state index in [9.17, 15) is 21.6 Å². The average Bonchev–Trinajstić information content (AvgIpc) is 2.28. The summed E-state index contributed by atoms with van der Waals surface area (Å²) in [6.45, 7) is 3.20. The van der Waals surface area contributed by atoms with Crippen LogP contribution in [-0.4, -0.2) is 26.2 Å². The third kappa shape index (κ3) is 4.88. The molecule has 114 valence electrons. The molecule has 0 saturated carbocycles. The van der Waals surface area contributed by atoms with E-state index in [-0.39, 0.29) is 28.9 Å². The highest BCUT2D eigenvalue weighted by Gasteiger charge is 2.28. The maximum absolute atomic E-state index is 12.0. The zero-order valence-electron chi connectivity index (χ0n) is 10.9. The molecule has 0 saturated heterocycles. The molecule has 1 aromatic rings. The van der Waals surface area contributed by atoms with Crippen LogP contribution < -0.4 is 10.5 Å².